The minimum absolute atomic E-state index is 0.382. The summed E-state index contributed by atoms with van der Waals surface area (Å²) in [6.07, 6.45) is 1.54. The van der Waals surface area contributed by atoms with Crippen LogP contribution in [-0.4, -0.2) is 63.6 Å². The fraction of sp³-hybridized carbons (Fsp3) is 0.304. The molecule has 0 aliphatic carbocycles. The van der Waals surface area contributed by atoms with Crippen LogP contribution in [0.4, 0.5) is 0 Å². The molecule has 0 atom stereocenters. The minimum Gasteiger partial charge on any atom is -0.493 e. The molecule has 33 heavy (non-hydrogen) atoms. The second kappa shape index (κ2) is 11.2. The van der Waals surface area contributed by atoms with Crippen molar-refractivity contribution in [2.75, 3.05) is 46.6 Å². The number of nitrogens with zero attached hydrogens (tertiary/aromatic N) is 2. The zero-order chi connectivity index (χ0) is 23.2. The standard InChI is InChI=1S/C23H23Cl2N3O4S/c1-30-19-12-15(2-5-18(19)32-11-8-28-6-9-31-10-7-28)14-26-27-23(29)22-21(25)17-4-3-16(24)13-20(17)33-22/h2-5,12-14H,6-11H2,1H3,(H,27,29). The molecule has 10 heteroatoms. The molecule has 1 aromatic heterocycles. The number of amides is 1. The van der Waals surface area contributed by atoms with E-state index in [4.69, 9.17) is 37.4 Å². The molecule has 0 radical (unpaired) electrons. The molecule has 4 rings (SSSR count). The normalized spacial score (nSPS) is 14.6. The Balaban J connectivity index is 1.35. The third kappa shape index (κ3) is 5.96. The van der Waals surface area contributed by atoms with Gasteiger partial charge in [-0.3, -0.25) is 9.69 Å². The van der Waals surface area contributed by atoms with Crippen LogP contribution in [-0.2, 0) is 4.74 Å². The molecule has 1 aliphatic heterocycles. The quantitative estimate of drug-likeness (QED) is 0.353. The molecule has 0 unspecified atom stereocenters. The number of morpholine rings is 1. The van der Waals surface area contributed by atoms with Crippen LogP contribution in [0, 0.1) is 0 Å². The number of nitrogens with one attached hydrogen (secondary N) is 1. The molecule has 1 fully saturated rings. The molecule has 1 N–H and O–H groups in total. The molecule has 0 saturated carbocycles. The Morgan fingerprint density at radius 1 is 1.21 bits per heavy atom. The van der Waals surface area contributed by atoms with Gasteiger partial charge in [-0.25, -0.2) is 5.43 Å². The lowest BCUT2D eigenvalue weighted by molar-refractivity contribution is 0.0321. The van der Waals surface area contributed by atoms with Gasteiger partial charge in [0, 0.05) is 34.7 Å². The lowest BCUT2D eigenvalue weighted by atomic mass is 10.2. The van der Waals surface area contributed by atoms with Crippen LogP contribution >= 0.6 is 34.5 Å². The summed E-state index contributed by atoms with van der Waals surface area (Å²) in [7, 11) is 1.59. The number of halogens is 2. The van der Waals surface area contributed by atoms with Crippen LogP contribution in [0.1, 0.15) is 15.2 Å². The van der Waals surface area contributed by atoms with Gasteiger partial charge in [0.1, 0.15) is 11.5 Å². The van der Waals surface area contributed by atoms with Gasteiger partial charge in [0.2, 0.25) is 0 Å². The Morgan fingerprint density at radius 2 is 2.03 bits per heavy atom. The molecule has 174 valence electrons. The highest BCUT2D eigenvalue weighted by molar-refractivity contribution is 7.21. The number of fused-ring (bicyclic) bond motifs is 1. The number of benzene rings is 2. The smallest absolute Gasteiger partial charge is 0.283 e. The fourth-order valence-corrected chi connectivity index (χ4v) is 5.08. The number of hydrogen-bond acceptors (Lipinski definition) is 7. The Bertz CT molecular complexity index is 1160. The predicted octanol–water partition coefficient (Wildman–Crippen LogP) is 4.69. The molecular formula is C23H23Cl2N3O4S. The first kappa shape index (κ1) is 23.8. The maximum Gasteiger partial charge on any atom is 0.283 e. The van der Waals surface area contributed by atoms with E-state index in [2.05, 4.69) is 15.4 Å². The van der Waals surface area contributed by atoms with E-state index in [1.54, 1.807) is 31.4 Å². The van der Waals surface area contributed by atoms with Crippen molar-refractivity contribution in [2.24, 2.45) is 5.10 Å². The number of ether oxygens (including phenoxy) is 3. The zero-order valence-corrected chi connectivity index (χ0v) is 20.3. The van der Waals surface area contributed by atoms with Crippen molar-refractivity contribution in [2.45, 2.75) is 0 Å². The predicted molar refractivity (Wildman–Crippen MR) is 133 cm³/mol. The maximum atomic E-state index is 12.5. The van der Waals surface area contributed by atoms with Crippen molar-refractivity contribution in [3.05, 3.63) is 56.9 Å². The van der Waals surface area contributed by atoms with Crippen LogP contribution in [0.25, 0.3) is 10.1 Å². The molecular weight excluding hydrogens is 485 g/mol. The topological polar surface area (TPSA) is 72.4 Å². The van der Waals surface area contributed by atoms with E-state index < -0.39 is 0 Å². The summed E-state index contributed by atoms with van der Waals surface area (Å²) in [5.41, 5.74) is 3.27. The Hall–Kier alpha value is -2.36. The van der Waals surface area contributed by atoms with Crippen molar-refractivity contribution >= 4 is 56.7 Å². The zero-order valence-electron chi connectivity index (χ0n) is 18.0. The van der Waals surface area contributed by atoms with Crippen molar-refractivity contribution in [1.82, 2.24) is 10.3 Å². The molecule has 0 bridgehead atoms. The van der Waals surface area contributed by atoms with Gasteiger partial charge in [-0.15, -0.1) is 11.3 Å². The molecule has 3 aromatic rings. The number of hydrazone groups is 1. The van der Waals surface area contributed by atoms with Crippen molar-refractivity contribution < 1.29 is 19.0 Å². The van der Waals surface area contributed by atoms with Crippen LogP contribution in [0.2, 0.25) is 10.0 Å². The molecule has 0 spiro atoms. The largest absolute Gasteiger partial charge is 0.493 e. The summed E-state index contributed by atoms with van der Waals surface area (Å²) in [4.78, 5) is 15.2. The summed E-state index contributed by atoms with van der Waals surface area (Å²) in [6, 6.07) is 10.8. The fourth-order valence-electron chi connectivity index (χ4n) is 3.39. The molecule has 1 aliphatic rings. The highest BCUT2D eigenvalue weighted by atomic mass is 35.5. The van der Waals surface area contributed by atoms with Gasteiger partial charge < -0.3 is 14.2 Å². The van der Waals surface area contributed by atoms with Gasteiger partial charge in [-0.05, 0) is 35.9 Å². The molecule has 2 aromatic carbocycles. The lowest BCUT2D eigenvalue weighted by Gasteiger charge is -2.26. The molecule has 1 amide bonds. The number of rotatable bonds is 8. The van der Waals surface area contributed by atoms with Crippen LogP contribution in [0.15, 0.2) is 41.5 Å². The summed E-state index contributed by atoms with van der Waals surface area (Å²) in [5, 5.41) is 5.82. The van der Waals surface area contributed by atoms with E-state index in [0.29, 0.717) is 33.0 Å². The summed E-state index contributed by atoms with van der Waals surface area (Å²) in [5.74, 6) is 0.864. The Labute approximate surface area is 205 Å². The van der Waals surface area contributed by atoms with Gasteiger partial charge in [-0.2, -0.15) is 5.10 Å². The number of carbonyl (C=O) groups excluding carboxylic acids is 1. The lowest BCUT2D eigenvalue weighted by Crippen LogP contribution is -2.38. The molecule has 1 saturated heterocycles. The average molecular weight is 508 g/mol. The monoisotopic (exact) mass is 507 g/mol. The Morgan fingerprint density at radius 3 is 2.82 bits per heavy atom. The summed E-state index contributed by atoms with van der Waals surface area (Å²) < 4.78 is 17.5. The summed E-state index contributed by atoms with van der Waals surface area (Å²) in [6.45, 7) is 4.74. The van der Waals surface area contributed by atoms with Gasteiger partial charge in [-0.1, -0.05) is 29.3 Å². The van der Waals surface area contributed by atoms with Crippen LogP contribution < -0.4 is 14.9 Å². The van der Waals surface area contributed by atoms with E-state index >= 15 is 0 Å². The number of carbonyl (C=O) groups is 1. The third-order valence-electron chi connectivity index (χ3n) is 5.13. The first-order valence-electron chi connectivity index (χ1n) is 10.4. The van der Waals surface area contributed by atoms with Crippen LogP contribution in [0.5, 0.6) is 11.5 Å². The summed E-state index contributed by atoms with van der Waals surface area (Å²) >= 11 is 13.7. The maximum absolute atomic E-state index is 12.5. The van der Waals surface area contributed by atoms with E-state index in [1.165, 1.54) is 17.6 Å². The van der Waals surface area contributed by atoms with E-state index in [0.717, 1.165) is 48.5 Å². The number of hydrogen-bond donors (Lipinski definition) is 1. The van der Waals surface area contributed by atoms with Gasteiger partial charge in [0.15, 0.2) is 11.5 Å². The first-order chi connectivity index (χ1) is 16.0. The van der Waals surface area contributed by atoms with Crippen molar-refractivity contribution in [1.29, 1.82) is 0 Å². The molecule has 2 heterocycles. The van der Waals surface area contributed by atoms with Crippen molar-refractivity contribution in [3.8, 4) is 11.5 Å². The second-order valence-electron chi connectivity index (χ2n) is 7.30. The van der Waals surface area contributed by atoms with E-state index in [9.17, 15) is 4.79 Å². The van der Waals surface area contributed by atoms with Gasteiger partial charge >= 0.3 is 0 Å². The van der Waals surface area contributed by atoms with Gasteiger partial charge in [0.05, 0.1) is 31.6 Å². The average Bonchev–Trinajstić information content (AvgIpc) is 3.15. The molecule has 7 nitrogen and oxygen atoms in total. The SMILES string of the molecule is COc1cc(C=NNC(=O)c2sc3cc(Cl)ccc3c2Cl)ccc1OCCN1CCOCC1. The van der Waals surface area contributed by atoms with Gasteiger partial charge in [0.25, 0.3) is 5.91 Å². The third-order valence-corrected chi connectivity index (χ3v) is 7.02. The number of methoxy groups -OCH3 is 1. The first-order valence-corrected chi connectivity index (χ1v) is 11.9. The number of thiophene rings is 1. The highest BCUT2D eigenvalue weighted by Gasteiger charge is 2.17. The second-order valence-corrected chi connectivity index (χ2v) is 9.16. The minimum atomic E-state index is -0.386. The van der Waals surface area contributed by atoms with E-state index in [1.807, 2.05) is 12.1 Å². The Kier molecular flexibility index (Phi) is 8.06. The highest BCUT2D eigenvalue weighted by Crippen LogP contribution is 2.36. The van der Waals surface area contributed by atoms with Crippen molar-refractivity contribution in [3.63, 3.8) is 0 Å². The van der Waals surface area contributed by atoms with E-state index in [-0.39, 0.29) is 5.91 Å². The van der Waals surface area contributed by atoms with Crippen LogP contribution in [0.3, 0.4) is 0 Å².